The van der Waals surface area contributed by atoms with E-state index in [4.69, 9.17) is 18.5 Å². The van der Waals surface area contributed by atoms with Crippen LogP contribution in [-0.2, 0) is 17.8 Å². The number of hydrogen-bond donors (Lipinski definition) is 0. The fraction of sp³-hybridized carbons (Fsp3) is 0.333. The predicted octanol–water partition coefficient (Wildman–Crippen LogP) is 3.56. The average molecular weight is 409 g/mol. The fourth-order valence-corrected chi connectivity index (χ4v) is 2.55. The van der Waals surface area contributed by atoms with Crippen molar-refractivity contribution in [1.82, 2.24) is 15.3 Å². The van der Waals surface area contributed by atoms with E-state index in [0.717, 1.165) is 0 Å². The van der Waals surface area contributed by atoms with Crippen molar-refractivity contribution in [3.8, 4) is 22.9 Å². The van der Waals surface area contributed by atoms with Crippen LogP contribution in [0.2, 0.25) is 0 Å². The van der Waals surface area contributed by atoms with Crippen LogP contribution in [-0.4, -0.2) is 35.0 Å². The van der Waals surface area contributed by atoms with Gasteiger partial charge in [-0.3, -0.25) is 0 Å². The summed E-state index contributed by atoms with van der Waals surface area (Å²) in [7, 11) is 1.32. The Morgan fingerprint density at radius 1 is 1.21 bits per heavy atom. The second-order valence-electron chi connectivity index (χ2n) is 5.75. The summed E-state index contributed by atoms with van der Waals surface area (Å²) in [4.78, 5) is 16.4. The molecule has 0 saturated heterocycles. The minimum atomic E-state index is -2.98. The Labute approximate surface area is 163 Å². The van der Waals surface area contributed by atoms with Crippen LogP contribution < -0.4 is 9.47 Å². The number of halogens is 2. The molecule has 0 unspecified atom stereocenters. The number of hydrogen-bond acceptors (Lipinski definition) is 9. The molecule has 29 heavy (non-hydrogen) atoms. The zero-order chi connectivity index (χ0) is 21.0. The van der Waals surface area contributed by atoms with Gasteiger partial charge in [-0.1, -0.05) is 17.2 Å². The van der Waals surface area contributed by atoms with Gasteiger partial charge in [0.15, 0.2) is 18.1 Å². The Morgan fingerprint density at radius 2 is 2.00 bits per heavy atom. The largest absolute Gasteiger partial charge is 0.493 e. The quantitative estimate of drug-likeness (QED) is 0.516. The summed E-state index contributed by atoms with van der Waals surface area (Å²) in [5.74, 6) is -0.0946. The molecule has 0 bridgehead atoms. The summed E-state index contributed by atoms with van der Waals surface area (Å²) in [6.45, 7) is 0.208. The summed E-state index contributed by atoms with van der Waals surface area (Å²) in [5.41, 5.74) is 1.21. The van der Waals surface area contributed by atoms with Gasteiger partial charge in [0.05, 0.1) is 12.8 Å². The summed E-state index contributed by atoms with van der Waals surface area (Å²) in [6, 6.07) is 4.19. The minimum absolute atomic E-state index is 0.0485. The summed E-state index contributed by atoms with van der Waals surface area (Å²) in [6.07, 6.45) is 0.513. The molecular weight excluding hydrogens is 392 g/mol. The molecule has 0 fully saturated rings. The second kappa shape index (κ2) is 8.67. The van der Waals surface area contributed by atoms with Gasteiger partial charge in [0, 0.05) is 5.56 Å². The van der Waals surface area contributed by atoms with Gasteiger partial charge in [-0.2, -0.15) is 13.8 Å². The second-order valence-corrected chi connectivity index (χ2v) is 5.75. The van der Waals surface area contributed by atoms with E-state index in [1.807, 2.05) is 6.92 Å². The van der Waals surface area contributed by atoms with Gasteiger partial charge >= 0.3 is 12.6 Å². The molecular formula is C18H17F2N3O6. The van der Waals surface area contributed by atoms with E-state index in [-0.39, 0.29) is 35.4 Å². The van der Waals surface area contributed by atoms with Crippen LogP contribution in [0.3, 0.4) is 0 Å². The third kappa shape index (κ3) is 4.50. The molecule has 9 nitrogen and oxygen atoms in total. The number of aromatic nitrogens is 3. The Bertz CT molecular complexity index is 1000. The summed E-state index contributed by atoms with van der Waals surface area (Å²) < 4.78 is 49.5. The van der Waals surface area contributed by atoms with Crippen LogP contribution in [0.5, 0.6) is 11.5 Å². The number of rotatable bonds is 8. The van der Waals surface area contributed by atoms with Crippen LogP contribution in [0, 0.1) is 6.92 Å². The molecule has 0 atom stereocenters. The lowest BCUT2D eigenvalue weighted by Gasteiger charge is -2.10. The Kier molecular flexibility index (Phi) is 6.05. The van der Waals surface area contributed by atoms with Gasteiger partial charge in [-0.05, 0) is 31.5 Å². The molecule has 0 aliphatic heterocycles. The highest BCUT2D eigenvalue weighted by molar-refractivity contribution is 5.91. The summed E-state index contributed by atoms with van der Waals surface area (Å²) >= 11 is 0. The molecule has 0 spiro atoms. The van der Waals surface area contributed by atoms with E-state index in [1.54, 1.807) is 6.92 Å². The van der Waals surface area contributed by atoms with Crippen LogP contribution in [0.1, 0.15) is 34.6 Å². The average Bonchev–Trinajstić information content (AvgIpc) is 3.32. The van der Waals surface area contributed by atoms with E-state index in [0.29, 0.717) is 23.4 Å². The monoisotopic (exact) mass is 409 g/mol. The first kappa shape index (κ1) is 20.2. The van der Waals surface area contributed by atoms with Gasteiger partial charge in [0.1, 0.15) is 11.3 Å². The van der Waals surface area contributed by atoms with Crippen molar-refractivity contribution in [3.63, 3.8) is 0 Å². The van der Waals surface area contributed by atoms with Gasteiger partial charge in [0.2, 0.25) is 5.82 Å². The zero-order valence-electron chi connectivity index (χ0n) is 15.8. The van der Waals surface area contributed by atoms with E-state index >= 15 is 0 Å². The predicted molar refractivity (Wildman–Crippen MR) is 92.7 cm³/mol. The lowest BCUT2D eigenvalue weighted by molar-refractivity contribution is -0.0512. The minimum Gasteiger partial charge on any atom is -0.493 e. The van der Waals surface area contributed by atoms with E-state index in [1.165, 1.54) is 25.3 Å². The Balaban J connectivity index is 1.71. The first-order valence-electron chi connectivity index (χ1n) is 8.51. The third-order valence-corrected chi connectivity index (χ3v) is 3.91. The normalized spacial score (nSPS) is 11.0. The van der Waals surface area contributed by atoms with Crippen molar-refractivity contribution in [3.05, 3.63) is 41.1 Å². The van der Waals surface area contributed by atoms with E-state index in [9.17, 15) is 13.6 Å². The number of alkyl halides is 2. The number of nitrogens with zero attached hydrogens (tertiary/aromatic N) is 3. The van der Waals surface area contributed by atoms with Crippen LogP contribution in [0.4, 0.5) is 8.78 Å². The standard InChI is InChI=1S/C18H17F2N3O6/c1-4-11-15(9(2)28-22-11)17(24)26-8-14-21-16(23-29-14)10-5-6-12(27-18(19)20)13(7-10)25-3/h5-7,18H,4,8H2,1-3H3. The van der Waals surface area contributed by atoms with Crippen molar-refractivity contribution in [2.24, 2.45) is 0 Å². The Morgan fingerprint density at radius 3 is 2.69 bits per heavy atom. The molecule has 154 valence electrons. The van der Waals surface area contributed by atoms with Gasteiger partial charge < -0.3 is 23.3 Å². The number of carbonyl (C=O) groups excluding carboxylic acids is 1. The molecule has 2 aromatic heterocycles. The van der Waals surface area contributed by atoms with Gasteiger partial charge in [-0.15, -0.1) is 0 Å². The number of methoxy groups -OCH3 is 1. The maximum absolute atomic E-state index is 12.4. The molecule has 0 N–H and O–H groups in total. The SMILES string of the molecule is CCc1noc(C)c1C(=O)OCc1nc(-c2ccc(OC(F)F)c(OC)c2)no1. The van der Waals surface area contributed by atoms with Crippen LogP contribution in [0.15, 0.2) is 27.2 Å². The molecule has 3 rings (SSSR count). The van der Waals surface area contributed by atoms with E-state index < -0.39 is 12.6 Å². The molecule has 0 aliphatic carbocycles. The first-order chi connectivity index (χ1) is 13.9. The maximum atomic E-state index is 12.4. The highest BCUT2D eigenvalue weighted by Crippen LogP contribution is 2.32. The number of esters is 1. The molecule has 3 aromatic rings. The summed E-state index contributed by atoms with van der Waals surface area (Å²) in [5, 5.41) is 7.59. The lowest BCUT2D eigenvalue weighted by Crippen LogP contribution is -2.08. The maximum Gasteiger partial charge on any atom is 0.387 e. The van der Waals surface area contributed by atoms with Gasteiger partial charge in [0.25, 0.3) is 5.89 Å². The molecule has 0 saturated carbocycles. The van der Waals surface area contributed by atoms with Crippen molar-refractivity contribution < 1.29 is 36.8 Å². The number of carbonyl (C=O) groups is 1. The smallest absolute Gasteiger partial charge is 0.387 e. The number of aryl methyl sites for hydroxylation is 2. The number of benzene rings is 1. The topological polar surface area (TPSA) is 110 Å². The molecule has 0 radical (unpaired) electrons. The highest BCUT2D eigenvalue weighted by Gasteiger charge is 2.22. The molecule has 1 aromatic carbocycles. The van der Waals surface area contributed by atoms with Crippen LogP contribution in [0.25, 0.3) is 11.4 Å². The zero-order valence-corrected chi connectivity index (χ0v) is 15.8. The third-order valence-electron chi connectivity index (χ3n) is 3.91. The van der Waals surface area contributed by atoms with Crippen molar-refractivity contribution >= 4 is 5.97 Å². The van der Waals surface area contributed by atoms with Crippen molar-refractivity contribution in [1.29, 1.82) is 0 Å². The lowest BCUT2D eigenvalue weighted by atomic mass is 10.1. The molecule has 0 aliphatic rings. The first-order valence-corrected chi connectivity index (χ1v) is 8.51. The van der Waals surface area contributed by atoms with Crippen molar-refractivity contribution in [2.45, 2.75) is 33.5 Å². The van der Waals surface area contributed by atoms with Crippen LogP contribution >= 0.6 is 0 Å². The van der Waals surface area contributed by atoms with Crippen molar-refractivity contribution in [2.75, 3.05) is 7.11 Å². The molecule has 0 amide bonds. The number of ether oxygens (including phenoxy) is 3. The molecule has 11 heteroatoms. The highest BCUT2D eigenvalue weighted by atomic mass is 19.3. The van der Waals surface area contributed by atoms with Gasteiger partial charge in [-0.25, -0.2) is 4.79 Å². The Hall–Kier alpha value is -3.50. The fourth-order valence-electron chi connectivity index (χ4n) is 2.55. The van der Waals surface area contributed by atoms with E-state index in [2.05, 4.69) is 20.0 Å². The molecule has 2 heterocycles.